The van der Waals surface area contributed by atoms with Crippen LogP contribution in [0.1, 0.15) is 25.3 Å². The average molecular weight is 134 g/mol. The fourth-order valence-corrected chi connectivity index (χ4v) is 0.808. The number of aromatic nitrogens is 1. The van der Waals surface area contributed by atoms with Crippen LogP contribution in [-0.2, 0) is 0 Å². The molecular formula is C9H12N. The summed E-state index contributed by atoms with van der Waals surface area (Å²) in [7, 11) is 0. The minimum absolute atomic E-state index is 1.14. The zero-order valence-corrected chi connectivity index (χ0v) is 6.25. The van der Waals surface area contributed by atoms with E-state index in [4.69, 9.17) is 0 Å². The van der Waals surface area contributed by atoms with Gasteiger partial charge in [-0.25, -0.2) is 0 Å². The van der Waals surface area contributed by atoms with Crippen molar-refractivity contribution in [1.82, 2.24) is 4.98 Å². The van der Waals surface area contributed by atoms with Crippen LogP contribution >= 0.6 is 0 Å². The Kier molecular flexibility index (Phi) is 2.94. The highest BCUT2D eigenvalue weighted by Crippen LogP contribution is 2.03. The minimum atomic E-state index is 1.14. The van der Waals surface area contributed by atoms with Crippen molar-refractivity contribution >= 4 is 0 Å². The highest BCUT2D eigenvalue weighted by atomic mass is 14.6. The highest BCUT2D eigenvalue weighted by molar-refractivity contribution is 5.17. The van der Waals surface area contributed by atoms with Crippen molar-refractivity contribution in [1.29, 1.82) is 0 Å². The van der Waals surface area contributed by atoms with Crippen LogP contribution in [0.4, 0.5) is 0 Å². The molecule has 1 aromatic rings. The molecule has 1 heteroatoms. The Labute approximate surface area is 62.1 Å². The molecule has 1 aromatic heterocycles. The maximum Gasteiger partial charge on any atom is 0.0302 e. The second-order valence-corrected chi connectivity index (χ2v) is 2.28. The van der Waals surface area contributed by atoms with E-state index in [2.05, 4.69) is 24.4 Å². The van der Waals surface area contributed by atoms with Gasteiger partial charge < -0.3 is 0 Å². The summed E-state index contributed by atoms with van der Waals surface area (Å²) in [4.78, 5) is 4.01. The molecule has 0 N–H and O–H groups in total. The molecular weight excluding hydrogens is 122 g/mol. The summed E-state index contributed by atoms with van der Waals surface area (Å²) in [6, 6.07) is 4.03. The van der Waals surface area contributed by atoms with Gasteiger partial charge in [0.1, 0.15) is 0 Å². The maximum absolute atomic E-state index is 4.01. The Balaban J connectivity index is 2.43. The van der Waals surface area contributed by atoms with Gasteiger partial charge in [-0.1, -0.05) is 19.4 Å². The van der Waals surface area contributed by atoms with E-state index < -0.39 is 0 Å². The largest absolute Gasteiger partial charge is 0.264 e. The Morgan fingerprint density at radius 2 is 2.50 bits per heavy atom. The smallest absolute Gasteiger partial charge is 0.0302 e. The van der Waals surface area contributed by atoms with Gasteiger partial charge in [0.25, 0.3) is 0 Å². The lowest BCUT2D eigenvalue weighted by atomic mass is 10.1. The molecule has 10 heavy (non-hydrogen) atoms. The summed E-state index contributed by atoms with van der Waals surface area (Å²) in [6.07, 6.45) is 8.23. The lowest BCUT2D eigenvalue weighted by Gasteiger charge is -1.95. The van der Waals surface area contributed by atoms with Gasteiger partial charge in [-0.3, -0.25) is 4.98 Å². The monoisotopic (exact) mass is 134 g/mol. The number of nitrogens with zero attached hydrogens (tertiary/aromatic N) is 1. The molecule has 0 saturated carbocycles. The predicted octanol–water partition coefficient (Wildman–Crippen LogP) is 2.43. The van der Waals surface area contributed by atoms with E-state index in [9.17, 15) is 0 Å². The average Bonchev–Trinajstić information content (AvgIpc) is 2.03. The van der Waals surface area contributed by atoms with Crippen molar-refractivity contribution in [3.63, 3.8) is 0 Å². The van der Waals surface area contributed by atoms with Gasteiger partial charge in [-0.15, -0.1) is 0 Å². The second kappa shape index (κ2) is 4.04. The van der Waals surface area contributed by atoms with Gasteiger partial charge in [0, 0.05) is 12.4 Å². The summed E-state index contributed by atoms with van der Waals surface area (Å²) < 4.78 is 0. The molecule has 1 rings (SSSR count). The van der Waals surface area contributed by atoms with E-state index >= 15 is 0 Å². The van der Waals surface area contributed by atoms with E-state index in [-0.39, 0.29) is 0 Å². The van der Waals surface area contributed by atoms with Gasteiger partial charge in [-0.2, -0.15) is 0 Å². The number of rotatable bonds is 3. The van der Waals surface area contributed by atoms with Crippen molar-refractivity contribution in [3.8, 4) is 0 Å². The van der Waals surface area contributed by atoms with E-state index in [0.29, 0.717) is 0 Å². The number of pyridine rings is 1. The molecule has 1 radical (unpaired) electrons. The van der Waals surface area contributed by atoms with E-state index in [1.807, 2.05) is 12.3 Å². The van der Waals surface area contributed by atoms with Crippen molar-refractivity contribution in [3.05, 3.63) is 36.5 Å². The highest BCUT2D eigenvalue weighted by Gasteiger charge is 1.88. The molecule has 1 nitrogen and oxygen atoms in total. The van der Waals surface area contributed by atoms with Crippen molar-refractivity contribution in [2.45, 2.75) is 19.8 Å². The van der Waals surface area contributed by atoms with Crippen molar-refractivity contribution in [2.24, 2.45) is 0 Å². The van der Waals surface area contributed by atoms with Gasteiger partial charge in [0.05, 0.1) is 0 Å². The number of hydrogen-bond acceptors (Lipinski definition) is 1. The third kappa shape index (κ3) is 2.18. The lowest BCUT2D eigenvalue weighted by Crippen LogP contribution is -1.81. The van der Waals surface area contributed by atoms with E-state index in [1.54, 1.807) is 6.20 Å². The molecule has 53 valence electrons. The van der Waals surface area contributed by atoms with Crippen LogP contribution in [-0.4, -0.2) is 4.98 Å². The lowest BCUT2D eigenvalue weighted by molar-refractivity contribution is 0.911. The first kappa shape index (κ1) is 7.26. The number of unbranched alkanes of at least 4 members (excludes halogenated alkanes) is 1. The van der Waals surface area contributed by atoms with Crippen molar-refractivity contribution in [2.75, 3.05) is 0 Å². The maximum atomic E-state index is 4.01. The molecule has 0 amide bonds. The van der Waals surface area contributed by atoms with Gasteiger partial charge >= 0.3 is 0 Å². The molecule has 0 aliphatic carbocycles. The van der Waals surface area contributed by atoms with Crippen LogP contribution in [0.3, 0.4) is 0 Å². The summed E-state index contributed by atoms with van der Waals surface area (Å²) in [6.45, 7) is 2.17. The normalized spacial score (nSPS) is 9.70. The molecule has 0 spiro atoms. The first-order valence-corrected chi connectivity index (χ1v) is 3.66. The third-order valence-corrected chi connectivity index (χ3v) is 1.35. The van der Waals surface area contributed by atoms with Crippen LogP contribution in [0.15, 0.2) is 24.5 Å². The first-order chi connectivity index (χ1) is 4.93. The second-order valence-electron chi connectivity index (χ2n) is 2.28. The number of hydrogen-bond donors (Lipinski definition) is 0. The molecule has 0 aromatic carbocycles. The fraction of sp³-hybridized carbons (Fsp3) is 0.333. The molecule has 0 saturated heterocycles. The van der Waals surface area contributed by atoms with Gasteiger partial charge in [0.15, 0.2) is 0 Å². The van der Waals surface area contributed by atoms with Gasteiger partial charge in [0.2, 0.25) is 0 Å². The Hall–Kier alpha value is -0.850. The summed E-state index contributed by atoms with van der Waals surface area (Å²) in [5.41, 5.74) is 1.23. The third-order valence-electron chi connectivity index (χ3n) is 1.35. The Morgan fingerprint density at radius 1 is 1.60 bits per heavy atom. The quantitative estimate of drug-likeness (QED) is 0.618. The SMILES string of the molecule is CCC[CH]c1cccnc1. The summed E-state index contributed by atoms with van der Waals surface area (Å²) in [5, 5.41) is 0. The topological polar surface area (TPSA) is 12.9 Å². The van der Waals surface area contributed by atoms with Gasteiger partial charge in [-0.05, 0) is 24.5 Å². The molecule has 0 aliphatic rings. The molecule has 0 unspecified atom stereocenters. The predicted molar refractivity (Wildman–Crippen MR) is 42.5 cm³/mol. The van der Waals surface area contributed by atoms with Crippen LogP contribution in [0.5, 0.6) is 0 Å². The minimum Gasteiger partial charge on any atom is -0.264 e. The molecule has 0 bridgehead atoms. The summed E-state index contributed by atoms with van der Waals surface area (Å²) in [5.74, 6) is 0. The molecule has 0 atom stereocenters. The Morgan fingerprint density at radius 3 is 3.10 bits per heavy atom. The van der Waals surface area contributed by atoms with Crippen LogP contribution in [0.25, 0.3) is 0 Å². The van der Waals surface area contributed by atoms with Crippen LogP contribution in [0, 0.1) is 6.42 Å². The molecule has 0 aliphatic heterocycles. The Bertz CT molecular complexity index is 169. The fourth-order valence-electron chi connectivity index (χ4n) is 0.808. The van der Waals surface area contributed by atoms with Crippen LogP contribution in [0.2, 0.25) is 0 Å². The summed E-state index contributed by atoms with van der Waals surface area (Å²) >= 11 is 0. The van der Waals surface area contributed by atoms with Crippen LogP contribution < -0.4 is 0 Å². The standard InChI is InChI=1S/C9H12N/c1-2-3-5-9-6-4-7-10-8-9/h4-8H,2-3H2,1H3. The first-order valence-electron chi connectivity index (χ1n) is 3.66. The van der Waals surface area contributed by atoms with E-state index in [1.165, 1.54) is 12.0 Å². The van der Waals surface area contributed by atoms with Crippen molar-refractivity contribution < 1.29 is 0 Å². The molecule has 1 heterocycles. The van der Waals surface area contributed by atoms with E-state index in [0.717, 1.165) is 6.42 Å². The molecule has 0 fully saturated rings. The zero-order valence-electron chi connectivity index (χ0n) is 6.25. The zero-order chi connectivity index (χ0) is 7.23.